The molecule has 2 aliphatic rings. The predicted molar refractivity (Wildman–Crippen MR) is 123 cm³/mol. The Hall–Kier alpha value is -2.69. The fraction of sp³-hybridized carbons (Fsp3) is 0.261. The predicted octanol–water partition coefficient (Wildman–Crippen LogP) is 3.56. The van der Waals surface area contributed by atoms with Crippen LogP contribution in [-0.2, 0) is 24.2 Å². The van der Waals surface area contributed by atoms with E-state index in [2.05, 4.69) is 10.0 Å². The molecule has 172 valence electrons. The van der Waals surface area contributed by atoms with Gasteiger partial charge in [0.25, 0.3) is 0 Å². The lowest BCUT2D eigenvalue weighted by molar-refractivity contribution is 0.00884. The van der Waals surface area contributed by atoms with Crippen molar-refractivity contribution in [1.29, 1.82) is 0 Å². The van der Waals surface area contributed by atoms with Crippen molar-refractivity contribution in [3.8, 4) is 0 Å². The second-order valence-corrected chi connectivity index (χ2v) is 10.0. The van der Waals surface area contributed by atoms with E-state index in [0.717, 1.165) is 10.8 Å². The normalized spacial score (nSPS) is 24.5. The average Bonchev–Trinajstić information content (AvgIpc) is 3.37. The molecule has 2 heterocycles. The molecule has 0 bridgehead atoms. The van der Waals surface area contributed by atoms with Gasteiger partial charge in [-0.05, 0) is 35.7 Å². The summed E-state index contributed by atoms with van der Waals surface area (Å²) >= 11 is 5.84. The van der Waals surface area contributed by atoms with Crippen LogP contribution in [0, 0.1) is 0 Å². The molecule has 4 atom stereocenters. The summed E-state index contributed by atoms with van der Waals surface area (Å²) < 4.78 is 45.1. The Bertz CT molecular complexity index is 1280. The van der Waals surface area contributed by atoms with Gasteiger partial charge in [0, 0.05) is 10.4 Å². The Morgan fingerprint density at radius 3 is 2.48 bits per heavy atom. The fourth-order valence-electron chi connectivity index (χ4n) is 4.16. The summed E-state index contributed by atoms with van der Waals surface area (Å²) in [5, 5.41) is 5.11. The van der Waals surface area contributed by atoms with Gasteiger partial charge in [-0.1, -0.05) is 48.0 Å². The first-order valence-corrected chi connectivity index (χ1v) is 12.2. The molecule has 2 aliphatic heterocycles. The summed E-state index contributed by atoms with van der Waals surface area (Å²) in [4.78, 5) is 12.6. The minimum atomic E-state index is -3.79. The first kappa shape index (κ1) is 22.1. The van der Waals surface area contributed by atoms with Gasteiger partial charge in [-0.15, -0.1) is 0 Å². The molecule has 5 rings (SSSR count). The topological polar surface area (TPSA) is 103 Å². The van der Waals surface area contributed by atoms with Gasteiger partial charge in [0.05, 0.1) is 29.8 Å². The van der Waals surface area contributed by atoms with Gasteiger partial charge in [-0.2, -0.15) is 0 Å². The summed E-state index contributed by atoms with van der Waals surface area (Å²) in [5.74, 6) is 0. The number of fused-ring (bicyclic) bond motifs is 2. The summed E-state index contributed by atoms with van der Waals surface area (Å²) in [5.41, 5.74) is 0.634. The zero-order chi connectivity index (χ0) is 23.0. The molecule has 0 saturated carbocycles. The molecule has 3 aromatic rings. The Kier molecular flexibility index (Phi) is 5.98. The molecule has 0 aliphatic carbocycles. The highest BCUT2D eigenvalue weighted by Gasteiger charge is 2.50. The van der Waals surface area contributed by atoms with E-state index < -0.39 is 40.5 Å². The van der Waals surface area contributed by atoms with Crippen molar-refractivity contribution in [2.75, 3.05) is 18.5 Å². The molecule has 3 aromatic carbocycles. The first-order chi connectivity index (χ1) is 15.9. The molecule has 2 N–H and O–H groups in total. The Morgan fingerprint density at radius 1 is 0.939 bits per heavy atom. The largest absolute Gasteiger partial charge is 0.441 e. The van der Waals surface area contributed by atoms with Crippen LogP contribution >= 0.6 is 11.6 Å². The quantitative estimate of drug-likeness (QED) is 0.569. The molecule has 2 fully saturated rings. The summed E-state index contributed by atoms with van der Waals surface area (Å²) in [6, 6.07) is 18.6. The molecule has 2 saturated heterocycles. The van der Waals surface area contributed by atoms with E-state index >= 15 is 0 Å². The zero-order valence-corrected chi connectivity index (χ0v) is 18.9. The van der Waals surface area contributed by atoms with E-state index in [1.54, 1.807) is 6.07 Å². The van der Waals surface area contributed by atoms with E-state index in [4.69, 9.17) is 25.8 Å². The average molecular weight is 489 g/mol. The summed E-state index contributed by atoms with van der Waals surface area (Å²) in [7, 11) is -3.79. The smallest absolute Gasteiger partial charge is 0.412 e. The number of nitrogens with one attached hydrogen (secondary N) is 2. The molecular formula is C23H21ClN2O6S. The standard InChI is InChI=1S/C23H21ClN2O6S/c24-15-8-10-16(11-9-15)33(28,29)26-19-12-30-22-20(13-31-21(19)22)32-23(27)25-18-7-3-5-14-4-1-2-6-17(14)18/h1-11,19-22,26H,12-13H2,(H,25,27). The molecule has 10 heteroatoms. The maximum Gasteiger partial charge on any atom is 0.412 e. The highest BCUT2D eigenvalue weighted by Crippen LogP contribution is 2.30. The van der Waals surface area contributed by atoms with E-state index in [-0.39, 0.29) is 18.1 Å². The van der Waals surface area contributed by atoms with Gasteiger partial charge in [0.1, 0.15) is 12.2 Å². The van der Waals surface area contributed by atoms with Crippen LogP contribution in [0.4, 0.5) is 10.5 Å². The number of anilines is 1. The number of carbonyl (C=O) groups excluding carboxylic acids is 1. The number of benzene rings is 3. The molecule has 0 aromatic heterocycles. The number of hydrogen-bond donors (Lipinski definition) is 2. The second-order valence-electron chi connectivity index (χ2n) is 7.87. The van der Waals surface area contributed by atoms with Crippen LogP contribution in [0.25, 0.3) is 10.8 Å². The van der Waals surface area contributed by atoms with Gasteiger partial charge >= 0.3 is 6.09 Å². The highest BCUT2D eigenvalue weighted by molar-refractivity contribution is 7.89. The van der Waals surface area contributed by atoms with Gasteiger partial charge in [-0.3, -0.25) is 5.32 Å². The number of rotatable bonds is 5. The van der Waals surface area contributed by atoms with Gasteiger partial charge in [0.2, 0.25) is 10.0 Å². The first-order valence-electron chi connectivity index (χ1n) is 10.4. The Morgan fingerprint density at radius 2 is 1.67 bits per heavy atom. The van der Waals surface area contributed by atoms with E-state index in [0.29, 0.717) is 10.7 Å². The monoisotopic (exact) mass is 488 g/mol. The molecule has 8 nitrogen and oxygen atoms in total. The third-order valence-electron chi connectivity index (χ3n) is 5.72. The Labute approximate surface area is 195 Å². The van der Waals surface area contributed by atoms with Crippen molar-refractivity contribution >= 4 is 44.2 Å². The SMILES string of the molecule is O=C(Nc1cccc2ccccc12)OC1COC2C(NS(=O)(=O)c3ccc(Cl)cc3)COC12. The lowest BCUT2D eigenvalue weighted by atomic mass is 10.1. The summed E-state index contributed by atoms with van der Waals surface area (Å²) in [6.07, 6.45) is -2.42. The van der Waals surface area contributed by atoms with Crippen molar-refractivity contribution in [3.63, 3.8) is 0 Å². The zero-order valence-electron chi connectivity index (χ0n) is 17.3. The molecule has 4 unspecified atom stereocenters. The maximum atomic E-state index is 12.7. The number of ether oxygens (including phenoxy) is 3. The van der Waals surface area contributed by atoms with E-state index in [1.807, 2.05) is 36.4 Å². The van der Waals surface area contributed by atoms with Crippen molar-refractivity contribution in [3.05, 3.63) is 71.8 Å². The minimum absolute atomic E-state index is 0.0932. The minimum Gasteiger partial charge on any atom is -0.441 e. The van der Waals surface area contributed by atoms with Crippen molar-refractivity contribution < 1.29 is 27.4 Å². The number of amides is 1. The van der Waals surface area contributed by atoms with E-state index in [9.17, 15) is 13.2 Å². The highest BCUT2D eigenvalue weighted by atomic mass is 35.5. The third-order valence-corrected chi connectivity index (χ3v) is 7.48. The van der Waals surface area contributed by atoms with Crippen LogP contribution in [0.5, 0.6) is 0 Å². The van der Waals surface area contributed by atoms with Gasteiger partial charge < -0.3 is 14.2 Å². The fourth-order valence-corrected chi connectivity index (χ4v) is 5.52. The van der Waals surface area contributed by atoms with Crippen LogP contribution in [0.15, 0.2) is 71.6 Å². The van der Waals surface area contributed by atoms with Crippen LogP contribution in [0.1, 0.15) is 0 Å². The van der Waals surface area contributed by atoms with Crippen molar-refractivity contribution in [1.82, 2.24) is 4.72 Å². The molecule has 0 radical (unpaired) electrons. The van der Waals surface area contributed by atoms with E-state index in [1.165, 1.54) is 24.3 Å². The maximum absolute atomic E-state index is 12.7. The number of hydrogen-bond acceptors (Lipinski definition) is 6. The molecule has 1 amide bonds. The van der Waals surface area contributed by atoms with Crippen LogP contribution in [0.2, 0.25) is 5.02 Å². The molecule has 33 heavy (non-hydrogen) atoms. The number of carbonyl (C=O) groups is 1. The van der Waals surface area contributed by atoms with Gasteiger partial charge in [0.15, 0.2) is 6.10 Å². The van der Waals surface area contributed by atoms with Crippen molar-refractivity contribution in [2.24, 2.45) is 0 Å². The van der Waals surface area contributed by atoms with Crippen LogP contribution in [-0.4, -0.2) is 52.1 Å². The van der Waals surface area contributed by atoms with Crippen LogP contribution < -0.4 is 10.0 Å². The Balaban J connectivity index is 1.22. The lowest BCUT2D eigenvalue weighted by Crippen LogP contribution is -2.44. The van der Waals surface area contributed by atoms with Crippen molar-refractivity contribution in [2.45, 2.75) is 29.2 Å². The van der Waals surface area contributed by atoms with Gasteiger partial charge in [-0.25, -0.2) is 17.9 Å². The molecular weight excluding hydrogens is 468 g/mol. The number of halogens is 1. The lowest BCUT2D eigenvalue weighted by Gasteiger charge is -2.18. The van der Waals surface area contributed by atoms with Crippen LogP contribution in [0.3, 0.4) is 0 Å². The molecule has 0 spiro atoms. The second kappa shape index (κ2) is 8.92. The third kappa shape index (κ3) is 4.55. The summed E-state index contributed by atoms with van der Waals surface area (Å²) in [6.45, 7) is 0.213. The number of sulfonamides is 1.